The van der Waals surface area contributed by atoms with E-state index < -0.39 is 33.3 Å². The number of nitrogens with one attached hydrogen (secondary N) is 1. The van der Waals surface area contributed by atoms with Gasteiger partial charge in [-0.2, -0.15) is 8.78 Å². The topological polar surface area (TPSA) is 84.9 Å². The second-order valence-corrected chi connectivity index (χ2v) is 7.75. The van der Waals surface area contributed by atoms with Crippen LogP contribution in [0.25, 0.3) is 0 Å². The molecule has 1 amide bonds. The number of hydrogen-bond donors (Lipinski definition) is 1. The lowest BCUT2D eigenvalue weighted by atomic mass is 10.2. The molecule has 28 heavy (non-hydrogen) atoms. The monoisotopic (exact) mass is 418 g/mol. The average molecular weight is 418 g/mol. The number of carbonyl (C=O) groups excluding carboxylic acids is 1. The summed E-state index contributed by atoms with van der Waals surface area (Å²) in [6, 6.07) is 6.63. The van der Waals surface area contributed by atoms with Crippen molar-refractivity contribution in [3.05, 3.63) is 47.8 Å². The average Bonchev–Trinajstić information content (AvgIpc) is 2.61. The molecule has 0 radical (unpaired) electrons. The minimum absolute atomic E-state index is 0.0273. The van der Waals surface area contributed by atoms with Gasteiger partial charge in [0.15, 0.2) is 11.5 Å². The van der Waals surface area contributed by atoms with Crippen LogP contribution in [0.2, 0.25) is 0 Å². The molecule has 0 unspecified atom stereocenters. The standard InChI is InChI=1S/C17H17F3N2O5S/c1-22(2)28(24,25)15-8-10(4-6-12(15)18)16(23)21-11-5-7-13(26-3)14(9-11)27-17(19)20/h4-9,17H,1-3H3,(H,21,23). The number of amides is 1. The van der Waals surface area contributed by atoms with Crippen LogP contribution in [0.5, 0.6) is 11.5 Å². The van der Waals surface area contributed by atoms with Crippen molar-refractivity contribution >= 4 is 21.6 Å². The minimum atomic E-state index is -4.11. The van der Waals surface area contributed by atoms with Crippen LogP contribution in [0.1, 0.15) is 10.4 Å². The Hall–Kier alpha value is -2.79. The Balaban J connectivity index is 2.33. The molecule has 2 aromatic rings. The summed E-state index contributed by atoms with van der Waals surface area (Å²) in [5.41, 5.74) is -0.0586. The van der Waals surface area contributed by atoms with Gasteiger partial charge in [0.2, 0.25) is 10.0 Å². The molecule has 0 saturated heterocycles. The molecule has 2 rings (SSSR count). The number of anilines is 1. The second-order valence-electron chi connectivity index (χ2n) is 5.63. The van der Waals surface area contributed by atoms with Crippen LogP contribution < -0.4 is 14.8 Å². The Bertz CT molecular complexity index is 981. The Kier molecular flexibility index (Phi) is 6.52. The number of methoxy groups -OCH3 is 1. The molecule has 2 aromatic carbocycles. The Morgan fingerprint density at radius 3 is 2.36 bits per heavy atom. The molecule has 0 spiro atoms. The molecule has 0 aliphatic carbocycles. The van der Waals surface area contributed by atoms with E-state index in [1.807, 2.05) is 0 Å². The number of nitrogens with zero attached hydrogens (tertiary/aromatic N) is 1. The molecular weight excluding hydrogens is 401 g/mol. The molecule has 152 valence electrons. The van der Waals surface area contributed by atoms with Gasteiger partial charge < -0.3 is 14.8 Å². The van der Waals surface area contributed by atoms with Crippen LogP contribution in [-0.4, -0.2) is 46.4 Å². The summed E-state index contributed by atoms with van der Waals surface area (Å²) in [6.45, 7) is -3.10. The van der Waals surface area contributed by atoms with E-state index in [1.165, 1.54) is 33.3 Å². The van der Waals surface area contributed by atoms with Crippen molar-refractivity contribution in [2.45, 2.75) is 11.5 Å². The first-order valence-corrected chi connectivity index (χ1v) is 9.16. The summed E-state index contributed by atoms with van der Waals surface area (Å²) in [4.78, 5) is 11.7. The van der Waals surface area contributed by atoms with Crippen molar-refractivity contribution in [2.24, 2.45) is 0 Å². The first kappa shape index (κ1) is 21.5. The molecule has 0 heterocycles. The van der Waals surface area contributed by atoms with Crippen LogP contribution >= 0.6 is 0 Å². The molecule has 0 aliphatic heterocycles. The number of hydrogen-bond acceptors (Lipinski definition) is 5. The van der Waals surface area contributed by atoms with Crippen molar-refractivity contribution in [1.29, 1.82) is 0 Å². The number of sulfonamides is 1. The number of carbonyl (C=O) groups is 1. The molecule has 1 N–H and O–H groups in total. The van der Waals surface area contributed by atoms with Gasteiger partial charge in [-0.15, -0.1) is 0 Å². The zero-order chi connectivity index (χ0) is 21.1. The van der Waals surface area contributed by atoms with E-state index in [-0.39, 0.29) is 22.7 Å². The third-order valence-corrected chi connectivity index (χ3v) is 5.42. The van der Waals surface area contributed by atoms with E-state index in [0.29, 0.717) is 0 Å². The van der Waals surface area contributed by atoms with Crippen molar-refractivity contribution in [3.8, 4) is 11.5 Å². The van der Waals surface area contributed by atoms with Gasteiger partial charge in [-0.1, -0.05) is 0 Å². The van der Waals surface area contributed by atoms with Crippen LogP contribution in [0.3, 0.4) is 0 Å². The van der Waals surface area contributed by atoms with E-state index in [9.17, 15) is 26.4 Å². The van der Waals surface area contributed by atoms with E-state index in [2.05, 4.69) is 10.1 Å². The maximum Gasteiger partial charge on any atom is 0.387 e. The third kappa shape index (κ3) is 4.73. The molecule has 0 saturated carbocycles. The summed E-state index contributed by atoms with van der Waals surface area (Å²) in [7, 11) is -0.395. The van der Waals surface area contributed by atoms with Gasteiger partial charge in [0.1, 0.15) is 10.7 Å². The highest BCUT2D eigenvalue weighted by Gasteiger charge is 2.23. The molecular formula is C17H17F3N2O5S. The van der Waals surface area contributed by atoms with Crippen molar-refractivity contribution < 1.29 is 35.9 Å². The van der Waals surface area contributed by atoms with Gasteiger partial charge >= 0.3 is 6.61 Å². The normalized spacial score (nSPS) is 11.6. The van der Waals surface area contributed by atoms with Crippen molar-refractivity contribution in [3.63, 3.8) is 0 Å². The first-order chi connectivity index (χ1) is 13.1. The highest BCUT2D eigenvalue weighted by molar-refractivity contribution is 7.89. The van der Waals surface area contributed by atoms with Crippen molar-refractivity contribution in [1.82, 2.24) is 4.31 Å². The predicted octanol–water partition coefficient (Wildman–Crippen LogP) is 2.94. The van der Waals surface area contributed by atoms with Crippen LogP contribution in [0.15, 0.2) is 41.3 Å². The second kappa shape index (κ2) is 8.48. The fourth-order valence-corrected chi connectivity index (χ4v) is 3.17. The number of ether oxygens (including phenoxy) is 2. The number of rotatable bonds is 7. The number of benzene rings is 2. The van der Waals surface area contributed by atoms with E-state index in [4.69, 9.17) is 4.74 Å². The molecule has 7 nitrogen and oxygen atoms in total. The molecule has 0 aliphatic rings. The fourth-order valence-electron chi connectivity index (χ4n) is 2.18. The van der Waals surface area contributed by atoms with Crippen LogP contribution in [-0.2, 0) is 10.0 Å². The number of halogens is 3. The Morgan fingerprint density at radius 2 is 1.79 bits per heavy atom. The zero-order valence-corrected chi connectivity index (χ0v) is 15.9. The van der Waals surface area contributed by atoms with Gasteiger partial charge in [-0.05, 0) is 30.3 Å². The van der Waals surface area contributed by atoms with Gasteiger partial charge in [-0.3, -0.25) is 4.79 Å². The van der Waals surface area contributed by atoms with Crippen LogP contribution in [0, 0.1) is 5.82 Å². The maximum atomic E-state index is 13.9. The first-order valence-electron chi connectivity index (χ1n) is 7.72. The van der Waals surface area contributed by atoms with Gasteiger partial charge in [0, 0.05) is 31.4 Å². The third-order valence-electron chi connectivity index (χ3n) is 3.59. The molecule has 0 fully saturated rings. The smallest absolute Gasteiger partial charge is 0.387 e. The largest absolute Gasteiger partial charge is 0.493 e. The minimum Gasteiger partial charge on any atom is -0.493 e. The lowest BCUT2D eigenvalue weighted by Gasteiger charge is -2.14. The van der Waals surface area contributed by atoms with E-state index in [0.717, 1.165) is 28.6 Å². The van der Waals surface area contributed by atoms with Crippen LogP contribution in [0.4, 0.5) is 18.9 Å². The molecule has 0 bridgehead atoms. The maximum absolute atomic E-state index is 13.9. The van der Waals surface area contributed by atoms with E-state index >= 15 is 0 Å². The Labute approximate surface area is 159 Å². The van der Waals surface area contributed by atoms with E-state index in [1.54, 1.807) is 0 Å². The zero-order valence-electron chi connectivity index (χ0n) is 15.1. The van der Waals surface area contributed by atoms with Crippen molar-refractivity contribution in [2.75, 3.05) is 26.5 Å². The van der Waals surface area contributed by atoms with Gasteiger partial charge in [0.05, 0.1) is 7.11 Å². The lowest BCUT2D eigenvalue weighted by molar-refractivity contribution is -0.0511. The Morgan fingerprint density at radius 1 is 1.11 bits per heavy atom. The van der Waals surface area contributed by atoms with Gasteiger partial charge in [0.25, 0.3) is 5.91 Å². The summed E-state index contributed by atoms with van der Waals surface area (Å²) in [5.74, 6) is -2.06. The quantitative estimate of drug-likeness (QED) is 0.747. The highest BCUT2D eigenvalue weighted by atomic mass is 32.2. The fraction of sp³-hybridized carbons (Fsp3) is 0.235. The number of alkyl halides is 2. The summed E-state index contributed by atoms with van der Waals surface area (Å²) in [6.07, 6.45) is 0. The van der Waals surface area contributed by atoms with Gasteiger partial charge in [-0.25, -0.2) is 17.1 Å². The SMILES string of the molecule is COc1ccc(NC(=O)c2ccc(F)c(S(=O)(=O)N(C)C)c2)cc1OC(F)F. The predicted molar refractivity (Wildman–Crippen MR) is 94.9 cm³/mol. The molecule has 0 atom stereocenters. The molecule has 11 heteroatoms. The summed E-state index contributed by atoms with van der Waals surface area (Å²) in [5, 5.41) is 2.40. The summed E-state index contributed by atoms with van der Waals surface area (Å²) >= 11 is 0. The molecule has 0 aromatic heterocycles. The summed E-state index contributed by atoms with van der Waals surface area (Å²) < 4.78 is 73.3. The highest BCUT2D eigenvalue weighted by Crippen LogP contribution is 2.31. The lowest BCUT2D eigenvalue weighted by Crippen LogP contribution is -2.24.